The second-order valence-electron chi connectivity index (χ2n) is 5.20. The zero-order chi connectivity index (χ0) is 14.2. The van der Waals surface area contributed by atoms with Crippen molar-refractivity contribution in [1.82, 2.24) is 4.90 Å². The van der Waals surface area contributed by atoms with Crippen molar-refractivity contribution in [2.75, 3.05) is 6.54 Å². The van der Waals surface area contributed by atoms with Crippen molar-refractivity contribution >= 4 is 27.8 Å². The molecule has 0 bridgehead atoms. The Morgan fingerprint density at radius 1 is 1.47 bits per heavy atom. The van der Waals surface area contributed by atoms with Gasteiger partial charge in [0.2, 0.25) is 0 Å². The fourth-order valence-corrected chi connectivity index (χ4v) is 2.84. The zero-order valence-corrected chi connectivity index (χ0v) is 12.5. The van der Waals surface area contributed by atoms with E-state index in [9.17, 15) is 9.59 Å². The van der Waals surface area contributed by atoms with Crippen LogP contribution in [0, 0.1) is 5.92 Å². The highest BCUT2D eigenvalue weighted by molar-refractivity contribution is 9.10. The van der Waals surface area contributed by atoms with Crippen LogP contribution < -0.4 is 0 Å². The van der Waals surface area contributed by atoms with E-state index in [-0.39, 0.29) is 18.4 Å². The van der Waals surface area contributed by atoms with Crippen molar-refractivity contribution in [3.8, 4) is 0 Å². The summed E-state index contributed by atoms with van der Waals surface area (Å²) in [5, 5.41) is 9.06. The number of carbonyl (C=O) groups is 2. The highest BCUT2D eigenvalue weighted by Gasteiger charge is 2.37. The maximum absolute atomic E-state index is 12.4. The third-order valence-electron chi connectivity index (χ3n) is 3.17. The van der Waals surface area contributed by atoms with E-state index >= 15 is 0 Å². The molecule has 1 heterocycles. The van der Waals surface area contributed by atoms with E-state index in [1.807, 2.05) is 26.0 Å². The number of benzene rings is 1. The number of fused-ring (bicyclic) bond motifs is 1. The maximum Gasteiger partial charge on any atom is 0.305 e. The fraction of sp³-hybridized carbons (Fsp3) is 0.429. The van der Waals surface area contributed by atoms with Gasteiger partial charge in [-0.25, -0.2) is 0 Å². The van der Waals surface area contributed by atoms with Gasteiger partial charge >= 0.3 is 5.97 Å². The molecule has 1 aliphatic heterocycles. The topological polar surface area (TPSA) is 57.6 Å². The molecule has 0 fully saturated rings. The SMILES string of the molecule is CC(C)CN1C(=O)c2ccc(Br)cc2C1CC(=O)O. The molecule has 4 nitrogen and oxygen atoms in total. The van der Waals surface area contributed by atoms with E-state index in [2.05, 4.69) is 15.9 Å². The van der Waals surface area contributed by atoms with Crippen LogP contribution in [0.4, 0.5) is 0 Å². The van der Waals surface area contributed by atoms with E-state index in [4.69, 9.17) is 5.11 Å². The lowest BCUT2D eigenvalue weighted by molar-refractivity contribution is -0.138. The number of hydrogen-bond acceptors (Lipinski definition) is 2. The summed E-state index contributed by atoms with van der Waals surface area (Å²) in [7, 11) is 0. The van der Waals surface area contributed by atoms with Gasteiger partial charge in [0.15, 0.2) is 0 Å². The molecule has 1 aromatic carbocycles. The third-order valence-corrected chi connectivity index (χ3v) is 3.66. The normalized spacial score (nSPS) is 18.0. The standard InChI is InChI=1S/C14H16BrNO3/c1-8(2)7-16-12(6-13(17)18)11-5-9(15)3-4-10(11)14(16)19/h3-5,8,12H,6-7H2,1-2H3,(H,17,18). The molecule has 0 aliphatic carbocycles. The Labute approximate surface area is 120 Å². The number of aliphatic carboxylic acids is 1. The quantitative estimate of drug-likeness (QED) is 0.925. The van der Waals surface area contributed by atoms with Gasteiger partial charge in [-0.15, -0.1) is 0 Å². The summed E-state index contributed by atoms with van der Waals surface area (Å²) < 4.78 is 0.862. The highest BCUT2D eigenvalue weighted by atomic mass is 79.9. The Morgan fingerprint density at radius 2 is 2.16 bits per heavy atom. The minimum Gasteiger partial charge on any atom is -0.481 e. The molecule has 0 spiro atoms. The molecule has 0 saturated carbocycles. The van der Waals surface area contributed by atoms with Crippen molar-refractivity contribution in [1.29, 1.82) is 0 Å². The first-order chi connectivity index (χ1) is 8.90. The molecule has 0 saturated heterocycles. The van der Waals surface area contributed by atoms with Gasteiger partial charge in [-0.1, -0.05) is 29.8 Å². The fourth-order valence-electron chi connectivity index (χ4n) is 2.46. The van der Waals surface area contributed by atoms with Crippen molar-refractivity contribution in [2.45, 2.75) is 26.3 Å². The Kier molecular flexibility index (Phi) is 3.94. The number of amides is 1. The van der Waals surface area contributed by atoms with Crippen molar-refractivity contribution in [2.24, 2.45) is 5.92 Å². The number of carboxylic acid groups (broad SMARTS) is 1. The van der Waals surface area contributed by atoms with Gasteiger partial charge in [0.25, 0.3) is 5.91 Å². The predicted molar refractivity (Wildman–Crippen MR) is 75.0 cm³/mol. The van der Waals surface area contributed by atoms with Gasteiger partial charge in [-0.2, -0.15) is 0 Å². The molecule has 1 aliphatic rings. The van der Waals surface area contributed by atoms with Crippen molar-refractivity contribution < 1.29 is 14.7 Å². The molecule has 1 N–H and O–H groups in total. The van der Waals surface area contributed by atoms with Crippen LogP contribution in [0.25, 0.3) is 0 Å². The van der Waals surface area contributed by atoms with Gasteiger partial charge in [0, 0.05) is 16.6 Å². The minimum absolute atomic E-state index is 0.0537. The average Bonchev–Trinajstić information content (AvgIpc) is 2.53. The van der Waals surface area contributed by atoms with Gasteiger partial charge in [-0.05, 0) is 29.7 Å². The molecule has 5 heteroatoms. The second-order valence-corrected chi connectivity index (χ2v) is 6.11. The summed E-state index contributed by atoms with van der Waals surface area (Å²) in [4.78, 5) is 25.1. The molecule has 2 rings (SSSR count). The van der Waals surface area contributed by atoms with Crippen LogP contribution in [0.5, 0.6) is 0 Å². The minimum atomic E-state index is -0.889. The first-order valence-electron chi connectivity index (χ1n) is 6.22. The molecule has 1 amide bonds. The zero-order valence-electron chi connectivity index (χ0n) is 10.9. The van der Waals surface area contributed by atoms with Crippen LogP contribution in [0.2, 0.25) is 0 Å². The molecule has 0 aromatic heterocycles. The number of carbonyl (C=O) groups excluding carboxylic acids is 1. The number of nitrogens with zero attached hydrogens (tertiary/aromatic N) is 1. The van der Waals surface area contributed by atoms with Gasteiger partial charge in [0.05, 0.1) is 12.5 Å². The monoisotopic (exact) mass is 325 g/mol. The smallest absolute Gasteiger partial charge is 0.305 e. The molecule has 0 radical (unpaired) electrons. The predicted octanol–water partition coefficient (Wildman–Crippen LogP) is 3.08. The Hall–Kier alpha value is -1.36. The van der Waals surface area contributed by atoms with Crippen LogP contribution in [-0.2, 0) is 4.79 Å². The van der Waals surface area contributed by atoms with Crippen LogP contribution in [-0.4, -0.2) is 28.4 Å². The lowest BCUT2D eigenvalue weighted by atomic mass is 10.0. The number of hydrogen-bond donors (Lipinski definition) is 1. The summed E-state index contributed by atoms with van der Waals surface area (Å²) in [5.41, 5.74) is 1.43. The molecule has 1 atom stereocenters. The van der Waals surface area contributed by atoms with E-state index in [1.54, 1.807) is 11.0 Å². The lowest BCUT2D eigenvalue weighted by Gasteiger charge is -2.26. The highest BCUT2D eigenvalue weighted by Crippen LogP contribution is 2.37. The van der Waals surface area contributed by atoms with E-state index in [0.717, 1.165) is 10.0 Å². The van der Waals surface area contributed by atoms with Crippen LogP contribution >= 0.6 is 15.9 Å². The van der Waals surface area contributed by atoms with Crippen molar-refractivity contribution in [3.63, 3.8) is 0 Å². The Bertz CT molecular complexity index is 527. The summed E-state index contributed by atoms with van der Waals surface area (Å²) >= 11 is 3.37. The summed E-state index contributed by atoms with van der Waals surface area (Å²) in [6.07, 6.45) is -0.0537. The lowest BCUT2D eigenvalue weighted by Crippen LogP contribution is -2.32. The van der Waals surface area contributed by atoms with Crippen LogP contribution in [0.3, 0.4) is 0 Å². The first kappa shape index (κ1) is 14.1. The summed E-state index contributed by atoms with van der Waals surface area (Å²) in [5.74, 6) is -0.653. The Morgan fingerprint density at radius 3 is 2.74 bits per heavy atom. The van der Waals surface area contributed by atoms with Crippen LogP contribution in [0.15, 0.2) is 22.7 Å². The molecule has 1 unspecified atom stereocenters. The van der Waals surface area contributed by atoms with Gasteiger partial charge < -0.3 is 10.0 Å². The Balaban J connectivity index is 2.42. The number of carboxylic acids is 1. The summed E-state index contributed by atoms with van der Waals surface area (Å²) in [6, 6.07) is 5.06. The second kappa shape index (κ2) is 5.33. The molecular formula is C14H16BrNO3. The molecule has 19 heavy (non-hydrogen) atoms. The van der Waals surface area contributed by atoms with Gasteiger partial charge in [0.1, 0.15) is 0 Å². The first-order valence-corrected chi connectivity index (χ1v) is 7.01. The van der Waals surface area contributed by atoms with E-state index < -0.39 is 5.97 Å². The molecule has 1 aromatic rings. The maximum atomic E-state index is 12.4. The third kappa shape index (κ3) is 2.81. The van der Waals surface area contributed by atoms with Crippen molar-refractivity contribution in [3.05, 3.63) is 33.8 Å². The largest absolute Gasteiger partial charge is 0.481 e. The summed E-state index contributed by atoms with van der Waals surface area (Å²) in [6.45, 7) is 4.61. The van der Waals surface area contributed by atoms with E-state index in [0.29, 0.717) is 18.0 Å². The van der Waals surface area contributed by atoms with Crippen LogP contribution in [0.1, 0.15) is 42.2 Å². The average molecular weight is 326 g/mol. The molecule has 102 valence electrons. The van der Waals surface area contributed by atoms with Gasteiger partial charge in [-0.3, -0.25) is 9.59 Å². The number of halogens is 1. The molecular weight excluding hydrogens is 310 g/mol. The van der Waals surface area contributed by atoms with E-state index in [1.165, 1.54) is 0 Å². The number of rotatable bonds is 4.